The number of benzene rings is 2. The summed E-state index contributed by atoms with van der Waals surface area (Å²) in [7, 11) is 3.27. The van der Waals surface area contributed by atoms with E-state index >= 15 is 0 Å². The van der Waals surface area contributed by atoms with Crippen LogP contribution in [0.1, 0.15) is 24.2 Å². The van der Waals surface area contributed by atoms with Crippen LogP contribution < -0.4 is 0 Å². The first-order valence-electron chi connectivity index (χ1n) is 8.30. The predicted octanol–water partition coefficient (Wildman–Crippen LogP) is 3.30. The van der Waals surface area contributed by atoms with Crippen LogP contribution >= 0.6 is 0 Å². The van der Waals surface area contributed by atoms with E-state index in [1.54, 1.807) is 0 Å². The van der Waals surface area contributed by atoms with E-state index in [9.17, 15) is 9.90 Å². The smallest absolute Gasteiger partial charge is 0.335 e. The minimum Gasteiger partial charge on any atom is -0.466 e. The Labute approximate surface area is 149 Å². The zero-order chi connectivity index (χ0) is 18.2. The van der Waals surface area contributed by atoms with Crippen LogP contribution in [0.15, 0.2) is 66.2 Å². The molecule has 0 spiro atoms. The molecule has 0 fully saturated rings. The maximum absolute atomic E-state index is 12.1. The van der Waals surface area contributed by atoms with Crippen molar-refractivity contribution in [1.82, 2.24) is 4.90 Å². The fraction of sp³-hybridized carbons (Fsp3) is 0.286. The lowest BCUT2D eigenvalue weighted by molar-refractivity contribution is -0.136. The van der Waals surface area contributed by atoms with E-state index in [4.69, 9.17) is 4.74 Å². The molecule has 0 aliphatic rings. The molecule has 0 bridgehead atoms. The summed E-state index contributed by atoms with van der Waals surface area (Å²) < 4.78 is 4.91. The number of aliphatic hydroxyl groups is 1. The molecule has 0 unspecified atom stereocenters. The van der Waals surface area contributed by atoms with Gasteiger partial charge in [-0.05, 0) is 31.2 Å². The van der Waals surface area contributed by atoms with Crippen LogP contribution in [-0.4, -0.2) is 42.7 Å². The highest BCUT2D eigenvalue weighted by atomic mass is 16.5. The Hall–Kier alpha value is -2.43. The predicted molar refractivity (Wildman–Crippen MR) is 99.9 cm³/mol. The maximum Gasteiger partial charge on any atom is 0.335 e. The van der Waals surface area contributed by atoms with Gasteiger partial charge in [0.15, 0.2) is 0 Å². The van der Waals surface area contributed by atoms with E-state index in [1.807, 2.05) is 85.6 Å². The van der Waals surface area contributed by atoms with Gasteiger partial charge in [-0.3, -0.25) is 4.90 Å². The molecule has 0 aromatic heterocycles. The summed E-state index contributed by atoms with van der Waals surface area (Å²) in [5.74, 6) is -0.364. The van der Waals surface area contributed by atoms with Crippen LogP contribution in [0.3, 0.4) is 0 Å². The van der Waals surface area contributed by atoms with Crippen molar-refractivity contribution >= 4 is 12.0 Å². The molecular formula is C21H25NO3. The second-order valence-electron chi connectivity index (χ2n) is 6.08. The van der Waals surface area contributed by atoms with Gasteiger partial charge >= 0.3 is 5.97 Å². The van der Waals surface area contributed by atoms with Crippen molar-refractivity contribution in [2.24, 2.45) is 0 Å². The van der Waals surface area contributed by atoms with Crippen LogP contribution in [-0.2, 0) is 9.53 Å². The topological polar surface area (TPSA) is 49.8 Å². The molecular weight excluding hydrogens is 314 g/mol. The maximum atomic E-state index is 12.1. The molecule has 25 heavy (non-hydrogen) atoms. The third kappa shape index (κ3) is 5.28. The fourth-order valence-corrected chi connectivity index (χ4v) is 2.63. The fourth-order valence-electron chi connectivity index (χ4n) is 2.63. The average molecular weight is 339 g/mol. The Balaban J connectivity index is 2.15. The molecule has 2 atom stereocenters. The Morgan fingerprint density at radius 1 is 1.12 bits per heavy atom. The van der Waals surface area contributed by atoms with Crippen molar-refractivity contribution in [3.8, 4) is 0 Å². The summed E-state index contributed by atoms with van der Waals surface area (Å²) in [6.45, 7) is 2.32. The molecule has 0 aliphatic heterocycles. The summed E-state index contributed by atoms with van der Waals surface area (Å²) in [6.07, 6.45) is 1.19. The van der Waals surface area contributed by atoms with Crippen LogP contribution in [0.4, 0.5) is 0 Å². The molecule has 2 aromatic rings. The van der Waals surface area contributed by atoms with Gasteiger partial charge < -0.3 is 9.84 Å². The third-order valence-electron chi connectivity index (χ3n) is 4.30. The Kier molecular flexibility index (Phi) is 6.92. The lowest BCUT2D eigenvalue weighted by atomic mass is 10.0. The number of likely N-dealkylation sites (N-methyl/N-ethyl adjacent to an activating group) is 1. The van der Waals surface area contributed by atoms with E-state index in [1.165, 1.54) is 7.11 Å². The number of nitrogens with zero attached hydrogens (tertiary/aromatic N) is 1. The van der Waals surface area contributed by atoms with Gasteiger partial charge in [0.25, 0.3) is 0 Å². The molecule has 0 aliphatic carbocycles. The zero-order valence-electron chi connectivity index (χ0n) is 14.9. The second-order valence-corrected chi connectivity index (χ2v) is 6.08. The van der Waals surface area contributed by atoms with Gasteiger partial charge in [-0.2, -0.15) is 0 Å². The molecule has 1 N–H and O–H groups in total. The van der Waals surface area contributed by atoms with Crippen LogP contribution in [0.25, 0.3) is 6.08 Å². The summed E-state index contributed by atoms with van der Waals surface area (Å²) >= 11 is 0. The number of esters is 1. The number of hydrogen-bond acceptors (Lipinski definition) is 4. The first-order chi connectivity index (χ1) is 12.0. The van der Waals surface area contributed by atoms with Gasteiger partial charge in [0.05, 0.1) is 18.8 Å². The highest BCUT2D eigenvalue weighted by Crippen LogP contribution is 2.21. The molecule has 4 nitrogen and oxygen atoms in total. The van der Waals surface area contributed by atoms with Crippen molar-refractivity contribution in [2.75, 3.05) is 20.7 Å². The molecule has 0 radical (unpaired) electrons. The summed E-state index contributed by atoms with van der Waals surface area (Å²) in [5, 5.41) is 10.6. The van der Waals surface area contributed by atoms with Gasteiger partial charge in [0.1, 0.15) is 0 Å². The SMILES string of the molecule is COC(=O)/C(=C\c1ccccc1)CN(C)[C@@H](C)[C@H](O)c1ccccc1. The molecule has 0 saturated heterocycles. The summed E-state index contributed by atoms with van der Waals surface area (Å²) in [6, 6.07) is 19.0. The highest BCUT2D eigenvalue weighted by molar-refractivity contribution is 5.94. The zero-order valence-corrected chi connectivity index (χ0v) is 14.9. The summed E-state index contributed by atoms with van der Waals surface area (Å²) in [5.41, 5.74) is 2.34. The number of carbonyl (C=O) groups excluding carboxylic acids is 1. The van der Waals surface area contributed by atoms with Gasteiger partial charge in [-0.15, -0.1) is 0 Å². The number of hydrogen-bond donors (Lipinski definition) is 1. The van der Waals surface area contributed by atoms with Gasteiger partial charge in [0, 0.05) is 12.6 Å². The lowest BCUT2D eigenvalue weighted by Crippen LogP contribution is -2.36. The molecule has 2 rings (SSSR count). The number of carbonyl (C=O) groups is 1. The van der Waals surface area contributed by atoms with E-state index in [2.05, 4.69) is 0 Å². The Morgan fingerprint density at radius 2 is 1.68 bits per heavy atom. The standard InChI is InChI=1S/C21H25NO3/c1-16(20(23)18-12-8-5-9-13-18)22(2)15-19(21(24)25-3)14-17-10-6-4-7-11-17/h4-14,16,20,23H,15H2,1-3H3/b19-14-/t16-,20-/m0/s1. The monoisotopic (exact) mass is 339 g/mol. The first kappa shape index (κ1) is 18.9. The van der Waals surface area contributed by atoms with Crippen molar-refractivity contribution in [3.05, 3.63) is 77.4 Å². The van der Waals surface area contributed by atoms with Crippen molar-refractivity contribution < 1.29 is 14.6 Å². The number of rotatable bonds is 7. The largest absolute Gasteiger partial charge is 0.466 e. The first-order valence-corrected chi connectivity index (χ1v) is 8.30. The van der Waals surface area contributed by atoms with Gasteiger partial charge in [0.2, 0.25) is 0 Å². The third-order valence-corrected chi connectivity index (χ3v) is 4.30. The molecule has 0 heterocycles. The Morgan fingerprint density at radius 3 is 2.24 bits per heavy atom. The van der Waals surface area contributed by atoms with Crippen molar-refractivity contribution in [1.29, 1.82) is 0 Å². The average Bonchev–Trinajstić information content (AvgIpc) is 2.67. The molecule has 2 aromatic carbocycles. The van der Waals surface area contributed by atoms with Gasteiger partial charge in [-0.1, -0.05) is 60.7 Å². The number of aliphatic hydroxyl groups excluding tert-OH is 1. The second kappa shape index (κ2) is 9.16. The summed E-state index contributed by atoms with van der Waals surface area (Å²) in [4.78, 5) is 14.1. The van der Waals surface area contributed by atoms with Gasteiger partial charge in [-0.25, -0.2) is 4.79 Å². The number of methoxy groups -OCH3 is 1. The van der Waals surface area contributed by atoms with Crippen LogP contribution in [0.2, 0.25) is 0 Å². The van der Waals surface area contributed by atoms with E-state index in [0.717, 1.165) is 11.1 Å². The molecule has 0 saturated carbocycles. The van der Waals surface area contributed by atoms with Crippen LogP contribution in [0.5, 0.6) is 0 Å². The highest BCUT2D eigenvalue weighted by Gasteiger charge is 2.23. The Bertz CT molecular complexity index is 698. The van der Waals surface area contributed by atoms with Crippen molar-refractivity contribution in [2.45, 2.75) is 19.1 Å². The normalized spacial score (nSPS) is 14.2. The van der Waals surface area contributed by atoms with Crippen molar-refractivity contribution in [3.63, 3.8) is 0 Å². The molecule has 4 heteroatoms. The minimum atomic E-state index is -0.637. The van der Waals surface area contributed by atoms with Crippen LogP contribution in [0, 0.1) is 0 Å². The van der Waals surface area contributed by atoms with E-state index in [-0.39, 0.29) is 12.0 Å². The molecule has 132 valence electrons. The molecule has 0 amide bonds. The number of ether oxygens (including phenoxy) is 1. The van der Waals surface area contributed by atoms with E-state index < -0.39 is 6.10 Å². The quantitative estimate of drug-likeness (QED) is 0.621. The van der Waals surface area contributed by atoms with E-state index in [0.29, 0.717) is 12.1 Å². The minimum absolute atomic E-state index is 0.161. The lowest BCUT2D eigenvalue weighted by Gasteiger charge is -2.29.